The number of phenols is 1. The number of benzene rings is 1. The Bertz CT molecular complexity index is 444. The zero-order valence-electron chi connectivity index (χ0n) is 8.14. The summed E-state index contributed by atoms with van der Waals surface area (Å²) in [4.78, 5) is 23.5. The van der Waals surface area contributed by atoms with Crippen LogP contribution in [-0.2, 0) is 14.3 Å². The largest absolute Gasteiger partial charge is 0.508 e. The van der Waals surface area contributed by atoms with E-state index in [1.165, 1.54) is 12.1 Å². The molecule has 1 fully saturated rings. The van der Waals surface area contributed by atoms with E-state index >= 15 is 0 Å². The Morgan fingerprint density at radius 2 is 1.88 bits per heavy atom. The summed E-state index contributed by atoms with van der Waals surface area (Å²) >= 11 is 0. The van der Waals surface area contributed by atoms with Gasteiger partial charge in [-0.25, -0.2) is 9.29 Å². The Hall–Kier alpha value is -1.95. The number of carbonyl (C=O) groups is 2. The Morgan fingerprint density at radius 3 is 2.44 bits per heavy atom. The molecule has 0 bridgehead atoms. The van der Waals surface area contributed by atoms with Crippen LogP contribution < -0.4 is 4.90 Å². The summed E-state index contributed by atoms with van der Waals surface area (Å²) < 4.78 is 18.1. The van der Waals surface area contributed by atoms with Crippen LogP contribution in [0.15, 0.2) is 18.2 Å². The minimum atomic E-state index is -0.830. The Morgan fingerprint density at radius 1 is 1.25 bits per heavy atom. The second kappa shape index (κ2) is 3.90. The third-order valence-electron chi connectivity index (χ3n) is 2.12. The summed E-state index contributed by atoms with van der Waals surface area (Å²) in [5.74, 6) is -2.35. The van der Waals surface area contributed by atoms with Gasteiger partial charge in [-0.1, -0.05) is 0 Å². The van der Waals surface area contributed by atoms with Crippen molar-refractivity contribution >= 4 is 17.5 Å². The van der Waals surface area contributed by atoms with Crippen molar-refractivity contribution in [3.63, 3.8) is 0 Å². The van der Waals surface area contributed by atoms with Crippen LogP contribution in [0.1, 0.15) is 0 Å². The predicted molar refractivity (Wildman–Crippen MR) is 51.4 cm³/mol. The van der Waals surface area contributed by atoms with Gasteiger partial charge in [-0.2, -0.15) is 0 Å². The smallest absolute Gasteiger partial charge is 0.259 e. The van der Waals surface area contributed by atoms with Crippen molar-refractivity contribution in [1.29, 1.82) is 0 Å². The molecule has 1 aliphatic rings. The lowest BCUT2D eigenvalue weighted by Crippen LogP contribution is -2.46. The third-order valence-corrected chi connectivity index (χ3v) is 2.12. The van der Waals surface area contributed by atoms with Crippen molar-refractivity contribution in [1.82, 2.24) is 0 Å². The van der Waals surface area contributed by atoms with Crippen molar-refractivity contribution in [2.75, 3.05) is 18.1 Å². The number of imide groups is 1. The van der Waals surface area contributed by atoms with Crippen LogP contribution in [0.25, 0.3) is 0 Å². The normalized spacial score (nSPS) is 16.7. The minimum Gasteiger partial charge on any atom is -0.508 e. The average molecular weight is 225 g/mol. The summed E-state index contributed by atoms with van der Waals surface area (Å²) in [6.45, 7) is -0.516. The fraction of sp³-hybridized carbons (Fsp3) is 0.200. The van der Waals surface area contributed by atoms with Gasteiger partial charge in [-0.3, -0.25) is 9.59 Å². The van der Waals surface area contributed by atoms with Crippen LogP contribution in [0.4, 0.5) is 10.1 Å². The molecule has 0 atom stereocenters. The number of halogens is 1. The first-order valence-corrected chi connectivity index (χ1v) is 4.51. The Labute approximate surface area is 90.0 Å². The number of aromatic hydroxyl groups is 1. The number of rotatable bonds is 1. The van der Waals surface area contributed by atoms with Gasteiger partial charge in [-0.05, 0) is 12.1 Å². The van der Waals surface area contributed by atoms with Gasteiger partial charge in [0.15, 0.2) is 5.82 Å². The molecule has 1 aromatic carbocycles. The maximum Gasteiger partial charge on any atom is 0.259 e. The van der Waals surface area contributed by atoms with Crippen LogP contribution >= 0.6 is 0 Å². The summed E-state index contributed by atoms with van der Waals surface area (Å²) in [6.07, 6.45) is 0. The molecule has 0 spiro atoms. The topological polar surface area (TPSA) is 66.8 Å². The van der Waals surface area contributed by atoms with Gasteiger partial charge in [0.05, 0.1) is 5.69 Å². The van der Waals surface area contributed by atoms with E-state index in [0.29, 0.717) is 0 Å². The van der Waals surface area contributed by atoms with Crippen molar-refractivity contribution in [2.24, 2.45) is 0 Å². The molecule has 1 heterocycles. The summed E-state index contributed by atoms with van der Waals surface area (Å²) in [5, 5.41) is 9.01. The van der Waals surface area contributed by atoms with Crippen molar-refractivity contribution in [2.45, 2.75) is 0 Å². The number of nitrogens with zero attached hydrogens (tertiary/aromatic N) is 1. The first-order valence-electron chi connectivity index (χ1n) is 4.51. The number of amides is 2. The highest BCUT2D eigenvalue weighted by molar-refractivity contribution is 6.17. The molecule has 5 nitrogen and oxygen atoms in total. The maximum absolute atomic E-state index is 13.4. The lowest BCUT2D eigenvalue weighted by molar-refractivity contribution is -0.138. The quantitative estimate of drug-likeness (QED) is 0.703. The molecule has 16 heavy (non-hydrogen) atoms. The fourth-order valence-electron chi connectivity index (χ4n) is 1.44. The number of carbonyl (C=O) groups excluding carboxylic acids is 2. The zero-order chi connectivity index (χ0) is 11.7. The summed E-state index contributed by atoms with van der Waals surface area (Å²) in [6, 6.07) is 3.21. The van der Waals surface area contributed by atoms with Crippen LogP contribution in [0.2, 0.25) is 0 Å². The number of hydrogen-bond donors (Lipinski definition) is 1. The standard InChI is InChI=1S/C10H8FNO4/c11-7-3-6(13)1-2-8(7)12-9(14)4-16-5-10(12)15/h1-3,13H,4-5H2. The molecule has 1 saturated heterocycles. The number of morpholine rings is 1. The van der Waals surface area contributed by atoms with E-state index in [1.54, 1.807) is 0 Å². The van der Waals surface area contributed by atoms with Gasteiger partial charge in [0.1, 0.15) is 19.0 Å². The van der Waals surface area contributed by atoms with Gasteiger partial charge in [0, 0.05) is 6.07 Å². The molecular formula is C10H8FNO4. The lowest BCUT2D eigenvalue weighted by atomic mass is 10.2. The van der Waals surface area contributed by atoms with Crippen molar-refractivity contribution in [3.8, 4) is 5.75 Å². The summed E-state index contributed by atoms with van der Waals surface area (Å²) in [7, 11) is 0. The number of ether oxygens (including phenoxy) is 1. The fourth-order valence-corrected chi connectivity index (χ4v) is 1.44. The van der Waals surface area contributed by atoms with Crippen molar-refractivity contribution in [3.05, 3.63) is 24.0 Å². The van der Waals surface area contributed by atoms with E-state index in [0.717, 1.165) is 11.0 Å². The Balaban J connectivity index is 2.42. The highest BCUT2D eigenvalue weighted by Gasteiger charge is 2.30. The van der Waals surface area contributed by atoms with Gasteiger partial charge >= 0.3 is 0 Å². The first-order chi connectivity index (χ1) is 7.59. The second-order valence-electron chi connectivity index (χ2n) is 3.25. The molecule has 2 rings (SSSR count). The Kier molecular flexibility index (Phi) is 2.57. The lowest BCUT2D eigenvalue weighted by Gasteiger charge is -2.25. The number of anilines is 1. The molecule has 0 saturated carbocycles. The summed E-state index contributed by atoms with van der Waals surface area (Å²) in [5.41, 5.74) is -0.170. The van der Waals surface area contributed by atoms with Crippen molar-refractivity contribution < 1.29 is 23.8 Å². The van der Waals surface area contributed by atoms with Gasteiger partial charge in [0.25, 0.3) is 11.8 Å². The molecule has 0 unspecified atom stereocenters. The van der Waals surface area contributed by atoms with E-state index < -0.39 is 17.6 Å². The van der Waals surface area contributed by atoms with Gasteiger partial charge < -0.3 is 9.84 Å². The molecule has 0 aromatic heterocycles. The molecule has 1 N–H and O–H groups in total. The van der Waals surface area contributed by atoms with E-state index in [9.17, 15) is 14.0 Å². The maximum atomic E-state index is 13.4. The second-order valence-corrected chi connectivity index (χ2v) is 3.25. The zero-order valence-corrected chi connectivity index (χ0v) is 8.14. The highest BCUT2D eigenvalue weighted by Crippen LogP contribution is 2.24. The molecule has 2 amide bonds. The molecule has 84 valence electrons. The SMILES string of the molecule is O=C1COCC(=O)N1c1ccc(O)cc1F. The molecule has 0 radical (unpaired) electrons. The van der Waals surface area contributed by atoms with E-state index in [1.807, 2.05) is 0 Å². The third kappa shape index (κ3) is 1.74. The molecule has 1 aromatic rings. The van der Waals surface area contributed by atoms with E-state index in [4.69, 9.17) is 9.84 Å². The molecule has 6 heteroatoms. The number of hydrogen-bond acceptors (Lipinski definition) is 4. The first kappa shape index (κ1) is 10.6. The average Bonchev–Trinajstić information content (AvgIpc) is 2.20. The van der Waals surface area contributed by atoms with Crippen LogP contribution in [0.5, 0.6) is 5.75 Å². The predicted octanol–water partition coefficient (Wildman–Crippen LogP) is 0.421. The molecule has 0 aliphatic carbocycles. The van der Waals surface area contributed by atoms with E-state index in [-0.39, 0.29) is 24.7 Å². The van der Waals surface area contributed by atoms with Gasteiger partial charge in [0.2, 0.25) is 0 Å². The molecule has 1 aliphatic heterocycles. The van der Waals surface area contributed by atoms with Crippen LogP contribution in [0.3, 0.4) is 0 Å². The van der Waals surface area contributed by atoms with Gasteiger partial charge in [-0.15, -0.1) is 0 Å². The molecular weight excluding hydrogens is 217 g/mol. The minimum absolute atomic E-state index is 0.170. The monoisotopic (exact) mass is 225 g/mol. The van der Waals surface area contributed by atoms with Crippen LogP contribution in [0, 0.1) is 5.82 Å². The van der Waals surface area contributed by atoms with Crippen LogP contribution in [-0.4, -0.2) is 30.1 Å². The highest BCUT2D eigenvalue weighted by atomic mass is 19.1. The van der Waals surface area contributed by atoms with E-state index in [2.05, 4.69) is 0 Å². The number of phenolic OH excluding ortho intramolecular Hbond substituents is 1.